The maximum atomic E-state index is 5.90. The van der Waals surface area contributed by atoms with Crippen LogP contribution in [0.15, 0.2) is 6.20 Å². The molecule has 4 heteroatoms. The van der Waals surface area contributed by atoms with Crippen LogP contribution in [0, 0.1) is 0 Å². The van der Waals surface area contributed by atoms with Gasteiger partial charge in [0.15, 0.2) is 0 Å². The van der Waals surface area contributed by atoms with Gasteiger partial charge in [-0.15, -0.1) is 11.3 Å². The van der Waals surface area contributed by atoms with Gasteiger partial charge in [0, 0.05) is 23.7 Å². The van der Waals surface area contributed by atoms with Gasteiger partial charge >= 0.3 is 0 Å². The largest absolute Gasteiger partial charge is 0.375 e. The van der Waals surface area contributed by atoms with Gasteiger partial charge in [0.05, 0.1) is 11.6 Å². The number of thiazole rings is 1. The highest BCUT2D eigenvalue weighted by Gasteiger charge is 2.32. The summed E-state index contributed by atoms with van der Waals surface area (Å²) in [4.78, 5) is 5.90. The smallest absolute Gasteiger partial charge is 0.109 e. The number of aryl methyl sites for hydroxylation is 1. The van der Waals surface area contributed by atoms with E-state index in [9.17, 15) is 0 Å². The summed E-state index contributed by atoms with van der Waals surface area (Å²) in [5.74, 6) is 0. The Labute approximate surface area is 120 Å². The molecular weight excluding hydrogens is 256 g/mol. The number of aromatic nitrogens is 1. The molecule has 1 aromatic heterocycles. The lowest BCUT2D eigenvalue weighted by molar-refractivity contribution is -0.0789. The summed E-state index contributed by atoms with van der Waals surface area (Å²) in [5.41, 5.74) is 0.0487. The predicted molar refractivity (Wildman–Crippen MR) is 80.7 cm³/mol. The third-order valence-electron chi connectivity index (χ3n) is 4.12. The average Bonchev–Trinajstić information content (AvgIpc) is 2.88. The second-order valence-electron chi connectivity index (χ2n) is 5.75. The summed E-state index contributed by atoms with van der Waals surface area (Å²) in [6.45, 7) is 9.70. The zero-order valence-electron chi connectivity index (χ0n) is 12.5. The van der Waals surface area contributed by atoms with Crippen LogP contribution in [0.4, 0.5) is 0 Å². The summed E-state index contributed by atoms with van der Waals surface area (Å²) in [6.07, 6.45) is 6.37. The van der Waals surface area contributed by atoms with Crippen LogP contribution in [0.1, 0.15) is 62.9 Å². The van der Waals surface area contributed by atoms with E-state index in [1.54, 1.807) is 0 Å². The Kier molecular flexibility index (Phi) is 4.98. The zero-order valence-corrected chi connectivity index (χ0v) is 13.3. The second kappa shape index (κ2) is 6.33. The Bertz CT molecular complexity index is 407. The monoisotopic (exact) mass is 282 g/mol. The molecule has 0 bridgehead atoms. The quantitative estimate of drug-likeness (QED) is 0.894. The topological polar surface area (TPSA) is 34.2 Å². The molecule has 2 heterocycles. The van der Waals surface area contributed by atoms with Gasteiger partial charge in [-0.25, -0.2) is 4.98 Å². The molecule has 2 rings (SSSR count). The molecule has 0 spiro atoms. The summed E-state index contributed by atoms with van der Waals surface area (Å²) in [7, 11) is 0. The van der Waals surface area contributed by atoms with E-state index < -0.39 is 0 Å². The molecule has 0 radical (unpaired) electrons. The maximum Gasteiger partial charge on any atom is 0.109 e. The summed E-state index contributed by atoms with van der Waals surface area (Å²) >= 11 is 1.83. The minimum absolute atomic E-state index is 0.0487. The molecule has 1 saturated heterocycles. The van der Waals surface area contributed by atoms with Crippen molar-refractivity contribution in [3.63, 3.8) is 0 Å². The minimum atomic E-state index is 0.0487. The number of nitrogens with zero attached hydrogens (tertiary/aromatic N) is 1. The first-order valence-corrected chi connectivity index (χ1v) is 8.22. The minimum Gasteiger partial charge on any atom is -0.375 e. The van der Waals surface area contributed by atoms with Crippen LogP contribution >= 0.6 is 11.3 Å². The lowest BCUT2D eigenvalue weighted by atomic mass is 9.89. The highest BCUT2D eigenvalue weighted by atomic mass is 32.1. The molecule has 1 N–H and O–H groups in total. The third-order valence-corrected chi connectivity index (χ3v) is 5.44. The van der Waals surface area contributed by atoms with Gasteiger partial charge in [-0.05, 0) is 39.5 Å². The number of ether oxygens (including phenoxy) is 1. The van der Waals surface area contributed by atoms with Crippen molar-refractivity contribution < 1.29 is 4.74 Å². The Morgan fingerprint density at radius 2 is 2.37 bits per heavy atom. The standard InChI is InChI=1S/C15H26N2OS/c1-5-13-10-16-14(19-13)11(3)17-12-7-8-18-15(4,6-2)9-12/h10-12,17H,5-9H2,1-4H3. The molecule has 19 heavy (non-hydrogen) atoms. The van der Waals surface area contributed by atoms with Gasteiger partial charge in [0.2, 0.25) is 0 Å². The van der Waals surface area contributed by atoms with Gasteiger partial charge < -0.3 is 10.1 Å². The molecule has 1 aromatic rings. The third kappa shape index (κ3) is 3.77. The van der Waals surface area contributed by atoms with Gasteiger partial charge in [-0.1, -0.05) is 13.8 Å². The van der Waals surface area contributed by atoms with E-state index in [-0.39, 0.29) is 5.60 Å². The van der Waals surface area contributed by atoms with Crippen LogP contribution in [-0.2, 0) is 11.2 Å². The fraction of sp³-hybridized carbons (Fsp3) is 0.800. The van der Waals surface area contributed by atoms with Crippen molar-refractivity contribution in [1.29, 1.82) is 0 Å². The van der Waals surface area contributed by atoms with Gasteiger partial charge in [-0.3, -0.25) is 0 Å². The summed E-state index contributed by atoms with van der Waals surface area (Å²) in [6, 6.07) is 0.886. The molecule has 3 atom stereocenters. The molecule has 3 unspecified atom stereocenters. The molecule has 3 nitrogen and oxygen atoms in total. The average molecular weight is 282 g/mol. The van der Waals surface area contributed by atoms with E-state index in [1.807, 2.05) is 17.5 Å². The summed E-state index contributed by atoms with van der Waals surface area (Å²) in [5, 5.41) is 4.94. The zero-order chi connectivity index (χ0) is 13.9. The van der Waals surface area contributed by atoms with Crippen molar-refractivity contribution in [3.05, 3.63) is 16.1 Å². The molecule has 1 fully saturated rings. The number of hydrogen-bond donors (Lipinski definition) is 1. The van der Waals surface area contributed by atoms with Crippen LogP contribution in [0.5, 0.6) is 0 Å². The van der Waals surface area contributed by atoms with Gasteiger partial charge in [0.1, 0.15) is 5.01 Å². The van der Waals surface area contributed by atoms with Crippen LogP contribution in [0.2, 0.25) is 0 Å². The van der Waals surface area contributed by atoms with Crippen molar-refractivity contribution in [2.75, 3.05) is 6.61 Å². The van der Waals surface area contributed by atoms with E-state index in [2.05, 4.69) is 38.0 Å². The van der Waals surface area contributed by atoms with Crippen molar-refractivity contribution in [2.24, 2.45) is 0 Å². The maximum absolute atomic E-state index is 5.90. The van der Waals surface area contributed by atoms with Crippen molar-refractivity contribution in [3.8, 4) is 0 Å². The van der Waals surface area contributed by atoms with E-state index in [1.165, 1.54) is 9.88 Å². The van der Waals surface area contributed by atoms with Crippen LogP contribution < -0.4 is 5.32 Å². The molecule has 0 saturated carbocycles. The Balaban J connectivity index is 1.93. The molecule has 0 aliphatic carbocycles. The molecule has 0 amide bonds. The van der Waals surface area contributed by atoms with Gasteiger partial charge in [-0.2, -0.15) is 0 Å². The second-order valence-corrected chi connectivity index (χ2v) is 6.90. The fourth-order valence-corrected chi connectivity index (χ4v) is 3.50. The van der Waals surface area contributed by atoms with E-state index >= 15 is 0 Å². The van der Waals surface area contributed by atoms with Crippen molar-refractivity contribution in [2.45, 2.75) is 71.1 Å². The van der Waals surface area contributed by atoms with E-state index in [0.717, 1.165) is 32.3 Å². The Hall–Kier alpha value is -0.450. The predicted octanol–water partition coefficient (Wildman–Crippen LogP) is 3.70. The fourth-order valence-electron chi connectivity index (χ4n) is 2.63. The number of hydrogen-bond acceptors (Lipinski definition) is 4. The lowest BCUT2D eigenvalue weighted by Gasteiger charge is -2.39. The van der Waals surface area contributed by atoms with Crippen LogP contribution in [0.25, 0.3) is 0 Å². The van der Waals surface area contributed by atoms with Crippen LogP contribution in [0.3, 0.4) is 0 Å². The van der Waals surface area contributed by atoms with E-state index in [4.69, 9.17) is 4.74 Å². The molecular formula is C15H26N2OS. The lowest BCUT2D eigenvalue weighted by Crippen LogP contribution is -2.45. The van der Waals surface area contributed by atoms with E-state index in [0.29, 0.717) is 12.1 Å². The highest BCUT2D eigenvalue weighted by molar-refractivity contribution is 7.11. The molecule has 1 aliphatic heterocycles. The molecule has 0 aromatic carbocycles. The Morgan fingerprint density at radius 1 is 1.58 bits per heavy atom. The first-order chi connectivity index (χ1) is 9.06. The highest BCUT2D eigenvalue weighted by Crippen LogP contribution is 2.29. The first kappa shape index (κ1) is 14.9. The van der Waals surface area contributed by atoms with Crippen molar-refractivity contribution >= 4 is 11.3 Å². The summed E-state index contributed by atoms with van der Waals surface area (Å²) < 4.78 is 5.90. The first-order valence-electron chi connectivity index (χ1n) is 7.41. The number of rotatable bonds is 5. The van der Waals surface area contributed by atoms with Crippen LogP contribution in [-0.4, -0.2) is 23.2 Å². The Morgan fingerprint density at radius 3 is 3.00 bits per heavy atom. The molecule has 108 valence electrons. The normalized spacial score (nSPS) is 29.4. The number of nitrogens with one attached hydrogen (secondary N) is 1. The SMILES string of the molecule is CCc1cnc(C(C)NC2CCOC(C)(CC)C2)s1. The molecule has 1 aliphatic rings. The van der Waals surface area contributed by atoms with Crippen molar-refractivity contribution in [1.82, 2.24) is 10.3 Å². The van der Waals surface area contributed by atoms with Gasteiger partial charge in [0.25, 0.3) is 0 Å².